The van der Waals surface area contributed by atoms with E-state index in [2.05, 4.69) is 20.7 Å². The molecular weight excluding hydrogens is 472 g/mol. The minimum atomic E-state index is -0.502. The lowest BCUT2D eigenvalue weighted by Crippen LogP contribution is -2.49. The van der Waals surface area contributed by atoms with Crippen molar-refractivity contribution in [2.24, 2.45) is 5.92 Å². The SMILES string of the molecule is CCN(CC[C@@H](OCCNC(=O)OC)c1cccc(Cl)c1)C(=O)N[C@H](CNC)C[C@H]1CCCOC1. The summed E-state index contributed by atoms with van der Waals surface area (Å²) in [4.78, 5) is 26.2. The van der Waals surface area contributed by atoms with Crippen molar-refractivity contribution in [2.45, 2.75) is 44.8 Å². The molecule has 2 rings (SSSR count). The molecule has 1 saturated heterocycles. The van der Waals surface area contributed by atoms with Gasteiger partial charge in [-0.1, -0.05) is 23.7 Å². The number of ether oxygens (including phenoxy) is 3. The van der Waals surface area contributed by atoms with Gasteiger partial charge in [0.1, 0.15) is 0 Å². The number of amides is 3. The summed E-state index contributed by atoms with van der Waals surface area (Å²) in [6, 6.07) is 7.47. The molecule has 0 radical (unpaired) electrons. The van der Waals surface area contributed by atoms with Crippen LogP contribution < -0.4 is 16.0 Å². The van der Waals surface area contributed by atoms with Gasteiger partial charge in [0.05, 0.1) is 19.8 Å². The number of methoxy groups -OCH3 is 1. The molecule has 0 spiro atoms. The van der Waals surface area contributed by atoms with Gasteiger partial charge in [0.25, 0.3) is 0 Å². The van der Waals surface area contributed by atoms with Crippen molar-refractivity contribution in [1.29, 1.82) is 0 Å². The first-order chi connectivity index (χ1) is 17.0. The van der Waals surface area contributed by atoms with E-state index in [4.69, 9.17) is 21.1 Å². The van der Waals surface area contributed by atoms with E-state index in [0.717, 1.165) is 38.0 Å². The lowest BCUT2D eigenvalue weighted by Gasteiger charge is -2.30. The van der Waals surface area contributed by atoms with Crippen molar-refractivity contribution in [1.82, 2.24) is 20.9 Å². The van der Waals surface area contributed by atoms with Crippen LogP contribution in [0.1, 0.15) is 44.3 Å². The molecule has 35 heavy (non-hydrogen) atoms. The summed E-state index contributed by atoms with van der Waals surface area (Å²) < 4.78 is 16.3. The van der Waals surface area contributed by atoms with Crippen molar-refractivity contribution < 1.29 is 23.8 Å². The van der Waals surface area contributed by atoms with Crippen molar-refractivity contribution in [3.8, 4) is 0 Å². The molecule has 1 fully saturated rings. The number of carbonyl (C=O) groups excluding carboxylic acids is 2. The van der Waals surface area contributed by atoms with Gasteiger partial charge in [-0.25, -0.2) is 9.59 Å². The fourth-order valence-electron chi connectivity index (χ4n) is 4.26. The van der Waals surface area contributed by atoms with E-state index >= 15 is 0 Å². The van der Waals surface area contributed by atoms with Crippen LogP contribution in [0.5, 0.6) is 0 Å². The van der Waals surface area contributed by atoms with Gasteiger partial charge >= 0.3 is 12.1 Å². The molecule has 0 aromatic heterocycles. The first-order valence-electron chi connectivity index (χ1n) is 12.4. The maximum Gasteiger partial charge on any atom is 0.406 e. The second kappa shape index (κ2) is 16.6. The van der Waals surface area contributed by atoms with Gasteiger partial charge in [0.2, 0.25) is 0 Å². The molecule has 0 aliphatic carbocycles. The minimum absolute atomic E-state index is 0.0395. The standard InChI is InChI=1S/C25H41ClN4O5/c1-4-30(24(31)29-22(17-27-2)15-19-7-6-13-34-18-19)12-10-23(20-8-5-9-21(26)16-20)35-14-11-28-25(32)33-3/h5,8-9,16,19,22-23,27H,4,6-7,10-15,17-18H2,1-3H3,(H,28,32)(H,29,31)/t19-,22+,23-/m1/s1. The molecule has 198 valence electrons. The van der Waals surface area contributed by atoms with Gasteiger partial charge in [-0.3, -0.25) is 0 Å². The van der Waals surface area contributed by atoms with E-state index in [0.29, 0.717) is 50.1 Å². The number of rotatable bonds is 14. The Hall–Kier alpha value is -2.07. The second-order valence-electron chi connectivity index (χ2n) is 8.72. The van der Waals surface area contributed by atoms with Gasteiger partial charge in [-0.05, 0) is 63.3 Å². The Kier molecular flexibility index (Phi) is 13.8. The molecule has 1 aromatic rings. The highest BCUT2D eigenvalue weighted by Gasteiger charge is 2.23. The number of alkyl carbamates (subject to hydrolysis) is 1. The number of likely N-dealkylation sites (N-methyl/N-ethyl adjacent to an activating group) is 1. The van der Waals surface area contributed by atoms with Gasteiger partial charge in [0.15, 0.2) is 0 Å². The Labute approximate surface area is 214 Å². The molecule has 0 unspecified atom stereocenters. The van der Waals surface area contributed by atoms with E-state index in [9.17, 15) is 9.59 Å². The Balaban J connectivity index is 1.94. The highest BCUT2D eigenvalue weighted by molar-refractivity contribution is 6.30. The molecule has 1 heterocycles. The van der Waals surface area contributed by atoms with Gasteiger partial charge in [-0.2, -0.15) is 0 Å². The van der Waals surface area contributed by atoms with E-state index < -0.39 is 6.09 Å². The maximum absolute atomic E-state index is 13.1. The van der Waals surface area contributed by atoms with Crippen LogP contribution in [-0.4, -0.2) is 83.2 Å². The van der Waals surface area contributed by atoms with Crippen LogP contribution in [0, 0.1) is 5.92 Å². The Morgan fingerprint density at radius 1 is 1.34 bits per heavy atom. The summed E-state index contributed by atoms with van der Waals surface area (Å²) in [7, 11) is 3.22. The third kappa shape index (κ3) is 11.0. The molecular formula is C25H41ClN4O5. The molecule has 0 saturated carbocycles. The Morgan fingerprint density at radius 2 is 2.17 bits per heavy atom. The second-order valence-corrected chi connectivity index (χ2v) is 9.16. The van der Waals surface area contributed by atoms with Crippen molar-refractivity contribution in [2.75, 3.05) is 60.2 Å². The summed E-state index contributed by atoms with van der Waals surface area (Å²) in [6.07, 6.45) is 2.92. The number of nitrogens with one attached hydrogen (secondary N) is 3. The maximum atomic E-state index is 13.1. The van der Waals surface area contributed by atoms with Crippen molar-refractivity contribution in [3.63, 3.8) is 0 Å². The lowest BCUT2D eigenvalue weighted by atomic mass is 9.94. The number of urea groups is 1. The topological polar surface area (TPSA) is 101 Å². The van der Waals surface area contributed by atoms with Crippen LogP contribution in [0.25, 0.3) is 0 Å². The number of nitrogens with zero attached hydrogens (tertiary/aromatic N) is 1. The molecule has 10 heteroatoms. The first kappa shape index (κ1) is 29.2. The normalized spacial score (nSPS) is 17.3. The molecule has 1 aliphatic rings. The summed E-state index contributed by atoms with van der Waals surface area (Å²) in [5, 5.41) is 9.63. The monoisotopic (exact) mass is 512 g/mol. The summed E-state index contributed by atoms with van der Waals surface area (Å²) in [5.74, 6) is 0.469. The average Bonchev–Trinajstić information content (AvgIpc) is 2.86. The Bertz CT molecular complexity index is 763. The molecule has 9 nitrogen and oxygen atoms in total. The van der Waals surface area contributed by atoms with Crippen LogP contribution in [0.2, 0.25) is 5.02 Å². The smallest absolute Gasteiger partial charge is 0.406 e. The predicted octanol–water partition coefficient (Wildman–Crippen LogP) is 3.58. The van der Waals surface area contributed by atoms with Crippen LogP contribution in [0.3, 0.4) is 0 Å². The number of carbonyl (C=O) groups is 2. The van der Waals surface area contributed by atoms with Gasteiger partial charge < -0.3 is 35.1 Å². The number of hydrogen-bond acceptors (Lipinski definition) is 6. The van der Waals surface area contributed by atoms with E-state index in [-0.39, 0.29) is 18.2 Å². The zero-order valence-electron chi connectivity index (χ0n) is 21.2. The number of halogens is 1. The largest absolute Gasteiger partial charge is 0.453 e. The lowest BCUT2D eigenvalue weighted by molar-refractivity contribution is 0.0421. The van der Waals surface area contributed by atoms with Crippen LogP contribution in [0.4, 0.5) is 9.59 Å². The molecule has 3 amide bonds. The first-order valence-corrected chi connectivity index (χ1v) is 12.8. The summed E-state index contributed by atoms with van der Waals surface area (Å²) in [6.45, 7) is 5.99. The van der Waals surface area contributed by atoms with E-state index in [1.165, 1.54) is 7.11 Å². The zero-order chi connectivity index (χ0) is 25.5. The zero-order valence-corrected chi connectivity index (χ0v) is 21.9. The number of benzene rings is 1. The van der Waals surface area contributed by atoms with Crippen LogP contribution in [0.15, 0.2) is 24.3 Å². The molecule has 1 aromatic carbocycles. The van der Waals surface area contributed by atoms with Gasteiger partial charge in [0, 0.05) is 50.5 Å². The summed E-state index contributed by atoms with van der Waals surface area (Å²) in [5.41, 5.74) is 0.928. The third-order valence-corrected chi connectivity index (χ3v) is 6.31. The minimum Gasteiger partial charge on any atom is -0.453 e. The molecule has 3 atom stereocenters. The fourth-order valence-corrected chi connectivity index (χ4v) is 4.46. The molecule has 0 bridgehead atoms. The van der Waals surface area contributed by atoms with Gasteiger partial charge in [-0.15, -0.1) is 0 Å². The number of hydrogen-bond donors (Lipinski definition) is 3. The Morgan fingerprint density at radius 3 is 2.83 bits per heavy atom. The van der Waals surface area contributed by atoms with Crippen LogP contribution >= 0.6 is 11.6 Å². The fraction of sp³-hybridized carbons (Fsp3) is 0.680. The van der Waals surface area contributed by atoms with Crippen molar-refractivity contribution >= 4 is 23.7 Å². The average molecular weight is 513 g/mol. The van der Waals surface area contributed by atoms with Crippen molar-refractivity contribution in [3.05, 3.63) is 34.9 Å². The highest BCUT2D eigenvalue weighted by Crippen LogP contribution is 2.24. The highest BCUT2D eigenvalue weighted by atomic mass is 35.5. The molecule has 3 N–H and O–H groups in total. The third-order valence-electron chi connectivity index (χ3n) is 6.08. The van der Waals surface area contributed by atoms with Crippen LogP contribution in [-0.2, 0) is 14.2 Å². The molecule has 1 aliphatic heterocycles. The predicted molar refractivity (Wildman–Crippen MR) is 137 cm³/mol. The van der Waals surface area contributed by atoms with E-state index in [1.807, 2.05) is 38.2 Å². The van der Waals surface area contributed by atoms with E-state index in [1.54, 1.807) is 4.90 Å². The quantitative estimate of drug-likeness (QED) is 0.329. The summed E-state index contributed by atoms with van der Waals surface area (Å²) >= 11 is 6.20.